The van der Waals surface area contributed by atoms with Crippen LogP contribution in [0.4, 0.5) is 23.2 Å². The van der Waals surface area contributed by atoms with Gasteiger partial charge < -0.3 is 14.8 Å². The van der Waals surface area contributed by atoms with Gasteiger partial charge in [0.05, 0.1) is 5.69 Å². The molecule has 1 atom stereocenters. The van der Waals surface area contributed by atoms with Gasteiger partial charge in [0.25, 0.3) is 5.91 Å². The van der Waals surface area contributed by atoms with Crippen molar-refractivity contribution in [2.24, 2.45) is 0 Å². The number of ether oxygens (including phenoxy) is 2. The van der Waals surface area contributed by atoms with E-state index in [0.717, 1.165) is 18.2 Å². The Hall–Kier alpha value is -3.10. The molecule has 2 aromatic rings. The average molecular weight is 371 g/mol. The summed E-state index contributed by atoms with van der Waals surface area (Å²) < 4.78 is 62.0. The van der Waals surface area contributed by atoms with Crippen LogP contribution >= 0.6 is 0 Å². The zero-order chi connectivity index (χ0) is 19.3. The number of halogens is 4. The van der Waals surface area contributed by atoms with Gasteiger partial charge >= 0.3 is 5.97 Å². The minimum Gasteiger partial charge on any atom is -0.479 e. The summed E-state index contributed by atoms with van der Waals surface area (Å²) in [7, 11) is 0. The highest BCUT2D eigenvalue weighted by molar-refractivity contribution is 5.93. The Morgan fingerprint density at radius 2 is 1.65 bits per heavy atom. The van der Waals surface area contributed by atoms with E-state index in [-0.39, 0.29) is 5.75 Å². The summed E-state index contributed by atoms with van der Waals surface area (Å²) in [4.78, 5) is 23.4. The van der Waals surface area contributed by atoms with Gasteiger partial charge in [0.15, 0.2) is 30.2 Å². The van der Waals surface area contributed by atoms with E-state index in [9.17, 15) is 27.2 Å². The Bertz CT molecular complexity index is 811. The fourth-order valence-electron chi connectivity index (χ4n) is 1.83. The molecule has 0 unspecified atom stereocenters. The number of hydrogen-bond donors (Lipinski definition) is 1. The molecular formula is C17H13F4NO4. The highest BCUT2D eigenvalue weighted by Crippen LogP contribution is 2.19. The Morgan fingerprint density at radius 3 is 2.31 bits per heavy atom. The highest BCUT2D eigenvalue weighted by Gasteiger charge is 2.19. The number of rotatable bonds is 6. The maximum Gasteiger partial charge on any atom is 0.347 e. The van der Waals surface area contributed by atoms with Gasteiger partial charge in [0.2, 0.25) is 0 Å². The van der Waals surface area contributed by atoms with E-state index >= 15 is 0 Å². The molecule has 0 heterocycles. The molecule has 5 nitrogen and oxygen atoms in total. The third kappa shape index (κ3) is 4.95. The molecule has 26 heavy (non-hydrogen) atoms. The topological polar surface area (TPSA) is 64.6 Å². The summed E-state index contributed by atoms with van der Waals surface area (Å²) in [5, 5.41) is 1.95. The Balaban J connectivity index is 1.85. The molecule has 0 fully saturated rings. The van der Waals surface area contributed by atoms with E-state index in [2.05, 4.69) is 4.74 Å². The largest absolute Gasteiger partial charge is 0.479 e. The molecule has 1 N–H and O–H groups in total. The van der Waals surface area contributed by atoms with Crippen molar-refractivity contribution in [3.8, 4) is 5.75 Å². The van der Waals surface area contributed by atoms with Crippen LogP contribution < -0.4 is 10.1 Å². The first-order chi connectivity index (χ1) is 12.3. The minimum absolute atomic E-state index is 0.212. The molecule has 0 saturated carbocycles. The Morgan fingerprint density at radius 1 is 1.00 bits per heavy atom. The second-order valence-electron chi connectivity index (χ2n) is 5.09. The van der Waals surface area contributed by atoms with Crippen LogP contribution in [0, 0.1) is 23.3 Å². The standard InChI is InChI=1S/C17H13F4NO4/c1-9(26-11-4-2-10(18)3-5-11)17(24)25-8-14(23)22-13-7-6-12(19)15(20)16(13)21/h2-7,9H,8H2,1H3,(H,22,23)/t9-/m1/s1. The van der Waals surface area contributed by atoms with Crippen LogP contribution in [-0.2, 0) is 14.3 Å². The van der Waals surface area contributed by atoms with Gasteiger partial charge in [-0.1, -0.05) is 0 Å². The quantitative estimate of drug-likeness (QED) is 0.481. The van der Waals surface area contributed by atoms with E-state index in [1.807, 2.05) is 5.32 Å². The van der Waals surface area contributed by atoms with Crippen LogP contribution in [0.1, 0.15) is 6.92 Å². The van der Waals surface area contributed by atoms with Crippen molar-refractivity contribution in [1.82, 2.24) is 0 Å². The molecule has 0 spiro atoms. The zero-order valence-electron chi connectivity index (χ0n) is 13.4. The predicted molar refractivity (Wildman–Crippen MR) is 82.4 cm³/mol. The molecule has 2 rings (SSSR count). The van der Waals surface area contributed by atoms with Crippen molar-refractivity contribution in [3.05, 3.63) is 59.7 Å². The number of hydrogen-bond acceptors (Lipinski definition) is 4. The van der Waals surface area contributed by atoms with E-state index in [0.29, 0.717) is 6.07 Å². The van der Waals surface area contributed by atoms with Gasteiger partial charge in [-0.15, -0.1) is 0 Å². The molecule has 0 aliphatic heterocycles. The number of benzene rings is 2. The molecule has 0 bridgehead atoms. The van der Waals surface area contributed by atoms with Crippen LogP contribution in [0.3, 0.4) is 0 Å². The van der Waals surface area contributed by atoms with Gasteiger partial charge in [0, 0.05) is 0 Å². The van der Waals surface area contributed by atoms with Crippen LogP contribution in [-0.4, -0.2) is 24.6 Å². The van der Waals surface area contributed by atoms with Crippen molar-refractivity contribution in [3.63, 3.8) is 0 Å². The molecular weight excluding hydrogens is 358 g/mol. The van der Waals surface area contributed by atoms with Crippen LogP contribution in [0.15, 0.2) is 36.4 Å². The molecule has 0 saturated heterocycles. The lowest BCUT2D eigenvalue weighted by molar-refractivity contribution is -0.153. The first-order valence-electron chi connectivity index (χ1n) is 7.30. The number of nitrogens with one attached hydrogen (secondary N) is 1. The molecule has 0 aliphatic carbocycles. The third-order valence-corrected chi connectivity index (χ3v) is 3.11. The predicted octanol–water partition coefficient (Wildman–Crippen LogP) is 3.19. The zero-order valence-corrected chi connectivity index (χ0v) is 13.4. The fourth-order valence-corrected chi connectivity index (χ4v) is 1.83. The molecule has 138 valence electrons. The molecule has 2 aromatic carbocycles. The molecule has 1 amide bonds. The van der Waals surface area contributed by atoms with Crippen LogP contribution in [0.2, 0.25) is 0 Å². The summed E-state index contributed by atoms with van der Waals surface area (Å²) in [5.41, 5.74) is -0.597. The first kappa shape index (κ1) is 19.2. The van der Waals surface area contributed by atoms with Crippen LogP contribution in [0.25, 0.3) is 0 Å². The lowest BCUT2D eigenvalue weighted by Crippen LogP contribution is -2.30. The van der Waals surface area contributed by atoms with Crippen molar-refractivity contribution >= 4 is 17.6 Å². The van der Waals surface area contributed by atoms with Crippen molar-refractivity contribution in [1.29, 1.82) is 0 Å². The number of carbonyl (C=O) groups excluding carboxylic acids is 2. The molecule has 0 aromatic heterocycles. The summed E-state index contributed by atoms with van der Waals surface area (Å²) in [5.74, 6) is -6.84. The average Bonchev–Trinajstić information content (AvgIpc) is 2.62. The molecule has 0 aliphatic rings. The van der Waals surface area contributed by atoms with Crippen LogP contribution in [0.5, 0.6) is 5.75 Å². The van der Waals surface area contributed by atoms with Crippen molar-refractivity contribution in [2.45, 2.75) is 13.0 Å². The van der Waals surface area contributed by atoms with E-state index in [4.69, 9.17) is 4.74 Å². The number of amides is 1. The maximum absolute atomic E-state index is 13.4. The maximum atomic E-state index is 13.4. The fraction of sp³-hybridized carbons (Fsp3) is 0.176. The Labute approximate surface area is 145 Å². The van der Waals surface area contributed by atoms with E-state index in [1.54, 1.807) is 0 Å². The van der Waals surface area contributed by atoms with Gasteiger partial charge in [-0.25, -0.2) is 22.4 Å². The lowest BCUT2D eigenvalue weighted by Gasteiger charge is -2.14. The van der Waals surface area contributed by atoms with Gasteiger partial charge in [-0.3, -0.25) is 4.79 Å². The Kier molecular flexibility index (Phi) is 6.16. The normalized spacial score (nSPS) is 11.6. The van der Waals surface area contributed by atoms with Crippen molar-refractivity contribution < 1.29 is 36.6 Å². The third-order valence-electron chi connectivity index (χ3n) is 3.11. The summed E-state index contributed by atoms with van der Waals surface area (Å²) >= 11 is 0. The van der Waals surface area contributed by atoms with Gasteiger partial charge in [0.1, 0.15) is 11.6 Å². The number of esters is 1. The summed E-state index contributed by atoms with van der Waals surface area (Å²) in [6.45, 7) is 0.549. The van der Waals surface area contributed by atoms with E-state index in [1.165, 1.54) is 19.1 Å². The van der Waals surface area contributed by atoms with E-state index < -0.39 is 53.5 Å². The van der Waals surface area contributed by atoms with Gasteiger partial charge in [-0.2, -0.15) is 0 Å². The highest BCUT2D eigenvalue weighted by atomic mass is 19.2. The SMILES string of the molecule is C[C@@H](Oc1ccc(F)cc1)C(=O)OCC(=O)Nc1ccc(F)c(F)c1F. The monoisotopic (exact) mass is 371 g/mol. The summed E-state index contributed by atoms with van der Waals surface area (Å²) in [6.07, 6.45) is -1.10. The minimum atomic E-state index is -1.74. The van der Waals surface area contributed by atoms with Gasteiger partial charge in [-0.05, 0) is 43.3 Å². The van der Waals surface area contributed by atoms with Crippen molar-refractivity contribution in [2.75, 3.05) is 11.9 Å². The second-order valence-corrected chi connectivity index (χ2v) is 5.09. The molecule has 9 heteroatoms. The molecule has 0 radical (unpaired) electrons. The lowest BCUT2D eigenvalue weighted by atomic mass is 10.3. The summed E-state index contributed by atoms with van der Waals surface area (Å²) in [6, 6.07) is 6.34. The second kappa shape index (κ2) is 8.32. The number of anilines is 1. The smallest absolute Gasteiger partial charge is 0.347 e. The number of carbonyl (C=O) groups is 2. The first-order valence-corrected chi connectivity index (χ1v) is 7.30.